The average molecular weight is 407 g/mol. The van der Waals surface area contributed by atoms with Crippen LogP contribution >= 0.6 is 0 Å². The van der Waals surface area contributed by atoms with Crippen LogP contribution in [-0.4, -0.2) is 18.5 Å². The van der Waals surface area contributed by atoms with Crippen molar-refractivity contribution >= 4 is 10.8 Å². The molecule has 0 aliphatic carbocycles. The van der Waals surface area contributed by atoms with Gasteiger partial charge in [-0.1, -0.05) is 18.2 Å². The molecule has 148 valence electrons. The molecule has 0 bridgehead atoms. The summed E-state index contributed by atoms with van der Waals surface area (Å²) in [5.41, 5.74) is 2.33. The molecule has 0 amide bonds. The minimum Gasteiger partial charge on any atom is -0.584 e. The highest BCUT2D eigenvalue weighted by Gasteiger charge is 2.29. The van der Waals surface area contributed by atoms with Gasteiger partial charge in [-0.25, -0.2) is 18.6 Å². The SMILES string of the molecule is CCOc1ccc(C2Oc3cccc4c([OH+]C)ccc2c34)cc1.[O-][Cl+3]([O-])([O-])[O-]. The van der Waals surface area contributed by atoms with Crippen LogP contribution in [0.15, 0.2) is 54.6 Å². The van der Waals surface area contributed by atoms with Crippen LogP contribution < -0.4 is 28.1 Å². The lowest BCUT2D eigenvalue weighted by molar-refractivity contribution is -2.00. The van der Waals surface area contributed by atoms with Gasteiger partial charge in [0, 0.05) is 17.0 Å². The molecule has 1 aliphatic heterocycles. The van der Waals surface area contributed by atoms with Gasteiger partial charge in [0.2, 0.25) is 0 Å². The van der Waals surface area contributed by atoms with Crippen molar-refractivity contribution in [2.75, 3.05) is 13.7 Å². The Morgan fingerprint density at radius 2 is 1.68 bits per heavy atom. The maximum absolute atomic E-state index is 8.49. The molecule has 0 saturated carbocycles. The second-order valence-electron chi connectivity index (χ2n) is 5.95. The molecule has 1 unspecified atom stereocenters. The molecule has 0 saturated heterocycles. The van der Waals surface area contributed by atoms with E-state index in [1.54, 1.807) is 0 Å². The number of hydrogen-bond acceptors (Lipinski definition) is 6. The van der Waals surface area contributed by atoms with Crippen molar-refractivity contribution in [1.29, 1.82) is 0 Å². The zero-order valence-electron chi connectivity index (χ0n) is 15.3. The predicted octanol–water partition coefficient (Wildman–Crippen LogP) is -0.165. The quantitative estimate of drug-likeness (QED) is 0.554. The van der Waals surface area contributed by atoms with Crippen LogP contribution in [0.4, 0.5) is 0 Å². The Morgan fingerprint density at radius 1 is 1.00 bits per heavy atom. The summed E-state index contributed by atoms with van der Waals surface area (Å²) in [7, 11) is -3.12. The van der Waals surface area contributed by atoms with Crippen molar-refractivity contribution in [3.05, 3.63) is 65.7 Å². The number of rotatable bonds is 4. The second kappa shape index (κ2) is 8.22. The Kier molecular flexibility index (Phi) is 5.93. The fraction of sp³-hybridized carbons (Fsp3) is 0.200. The van der Waals surface area contributed by atoms with Gasteiger partial charge in [-0.15, -0.1) is 10.2 Å². The molecular formula is C20H19ClO7. The number of aromatic hydroxyl groups is 1. The van der Waals surface area contributed by atoms with Crippen molar-refractivity contribution in [2.45, 2.75) is 13.0 Å². The molecule has 4 rings (SSSR count). The number of ether oxygens (including phenoxy) is 3. The van der Waals surface area contributed by atoms with Gasteiger partial charge in [0.25, 0.3) is 5.75 Å². The topological polar surface area (TPSA) is 124 Å². The maximum Gasteiger partial charge on any atom is 0.262 e. The Labute approximate surface area is 164 Å². The van der Waals surface area contributed by atoms with Gasteiger partial charge in [0.1, 0.15) is 17.6 Å². The molecule has 1 N–H and O–H groups in total. The van der Waals surface area contributed by atoms with Gasteiger partial charge in [-0.3, -0.25) is 0 Å². The van der Waals surface area contributed by atoms with Crippen molar-refractivity contribution in [1.82, 2.24) is 0 Å². The normalized spacial score (nSPS) is 14.9. The van der Waals surface area contributed by atoms with Crippen molar-refractivity contribution < 1.29 is 43.1 Å². The molecule has 3 aromatic carbocycles. The van der Waals surface area contributed by atoms with Crippen LogP contribution in [0.25, 0.3) is 10.8 Å². The lowest BCUT2D eigenvalue weighted by Crippen LogP contribution is -2.68. The second-order valence-corrected chi connectivity index (χ2v) is 6.71. The van der Waals surface area contributed by atoms with E-state index in [9.17, 15) is 0 Å². The lowest BCUT2D eigenvalue weighted by Gasteiger charge is -2.17. The third kappa shape index (κ3) is 4.46. The summed E-state index contributed by atoms with van der Waals surface area (Å²) in [6, 6.07) is 18.5. The third-order valence-electron chi connectivity index (χ3n) is 4.27. The molecule has 1 heterocycles. The third-order valence-corrected chi connectivity index (χ3v) is 4.27. The van der Waals surface area contributed by atoms with Crippen molar-refractivity contribution in [2.24, 2.45) is 0 Å². The van der Waals surface area contributed by atoms with Gasteiger partial charge in [0.15, 0.2) is 7.11 Å². The first-order valence-corrected chi connectivity index (χ1v) is 9.72. The van der Waals surface area contributed by atoms with Gasteiger partial charge in [-0.05, 0) is 42.8 Å². The first-order chi connectivity index (χ1) is 13.3. The van der Waals surface area contributed by atoms with Crippen LogP contribution in [-0.2, 0) is 0 Å². The van der Waals surface area contributed by atoms with E-state index in [1.165, 1.54) is 10.9 Å². The van der Waals surface area contributed by atoms with E-state index in [4.69, 9.17) is 28.1 Å². The molecule has 0 radical (unpaired) electrons. The Balaban J connectivity index is 0.000000403. The molecule has 28 heavy (non-hydrogen) atoms. The molecule has 0 spiro atoms. The molecule has 0 fully saturated rings. The van der Waals surface area contributed by atoms with E-state index in [1.807, 2.05) is 38.3 Å². The van der Waals surface area contributed by atoms with Crippen LogP contribution in [0, 0.1) is 10.2 Å². The number of halogens is 1. The highest BCUT2D eigenvalue weighted by atomic mass is 35.7. The fourth-order valence-corrected chi connectivity index (χ4v) is 3.24. The van der Waals surface area contributed by atoms with E-state index in [-0.39, 0.29) is 6.10 Å². The fourth-order valence-electron chi connectivity index (χ4n) is 3.24. The van der Waals surface area contributed by atoms with E-state index in [2.05, 4.69) is 35.1 Å². The number of aliphatic hydroxyl groups is 1. The Bertz CT molecular complexity index is 945. The summed E-state index contributed by atoms with van der Waals surface area (Å²) in [6.07, 6.45) is -0.0727. The van der Waals surface area contributed by atoms with Crippen LogP contribution in [0.2, 0.25) is 0 Å². The first kappa shape index (κ1) is 20.2. The van der Waals surface area contributed by atoms with Gasteiger partial charge in [-0.2, -0.15) is 0 Å². The average Bonchev–Trinajstić information content (AvgIpc) is 3.02. The molecule has 3 aromatic rings. The van der Waals surface area contributed by atoms with E-state index < -0.39 is 10.2 Å². The van der Waals surface area contributed by atoms with Gasteiger partial charge >= 0.3 is 0 Å². The smallest absolute Gasteiger partial charge is 0.262 e. The van der Waals surface area contributed by atoms with Crippen LogP contribution in [0.1, 0.15) is 24.2 Å². The minimum atomic E-state index is -4.94. The summed E-state index contributed by atoms with van der Waals surface area (Å²) in [5, 5.41) is 2.32. The first-order valence-electron chi connectivity index (χ1n) is 8.48. The van der Waals surface area contributed by atoms with E-state index in [0.717, 1.165) is 28.2 Å². The van der Waals surface area contributed by atoms with Crippen molar-refractivity contribution in [3.8, 4) is 17.2 Å². The zero-order chi connectivity index (χ0) is 20.3. The zero-order valence-corrected chi connectivity index (χ0v) is 16.0. The molecule has 0 aromatic heterocycles. The standard InChI is InChI=1S/C20H18O3.ClHO4/c1-3-22-14-9-7-13(8-10-14)20-16-11-12-17(21-2)15-5-4-6-18(23-20)19(15)16;2-1(3,4)5/h4-12,20H,3H2,1-2H3;(H,2,3,4,5). The molecule has 7 nitrogen and oxygen atoms in total. The summed E-state index contributed by atoms with van der Waals surface area (Å²) in [4.78, 5) is 0. The number of hydrogen-bond donors (Lipinski definition) is 0. The Morgan fingerprint density at radius 3 is 2.29 bits per heavy atom. The summed E-state index contributed by atoms with van der Waals surface area (Å²) < 4.78 is 50.1. The maximum atomic E-state index is 8.49. The number of benzene rings is 3. The molecule has 8 heteroatoms. The van der Waals surface area contributed by atoms with E-state index in [0.29, 0.717) is 6.61 Å². The monoisotopic (exact) mass is 406 g/mol. The molecular weight excluding hydrogens is 388 g/mol. The lowest BCUT2D eigenvalue weighted by atomic mass is 9.97. The summed E-state index contributed by atoms with van der Waals surface area (Å²) >= 11 is 0. The van der Waals surface area contributed by atoms with Gasteiger partial charge in [0.05, 0.1) is 12.0 Å². The highest BCUT2D eigenvalue weighted by molar-refractivity contribution is 5.97. The van der Waals surface area contributed by atoms with Crippen molar-refractivity contribution in [3.63, 3.8) is 0 Å². The molecule has 1 atom stereocenters. The van der Waals surface area contributed by atoms with Gasteiger partial charge < -0.3 is 14.2 Å². The Hall–Kier alpha value is -2.55. The predicted molar refractivity (Wildman–Crippen MR) is 91.6 cm³/mol. The highest BCUT2D eigenvalue weighted by Crippen LogP contribution is 2.46. The van der Waals surface area contributed by atoms with E-state index >= 15 is 0 Å². The summed E-state index contributed by atoms with van der Waals surface area (Å²) in [6.45, 7) is 2.66. The van der Waals surface area contributed by atoms with Crippen LogP contribution in [0.3, 0.4) is 0 Å². The molecule has 1 aliphatic rings. The summed E-state index contributed by atoms with van der Waals surface area (Å²) in [5.74, 6) is 2.82. The largest absolute Gasteiger partial charge is 0.584 e. The van der Waals surface area contributed by atoms with Crippen LogP contribution in [0.5, 0.6) is 17.2 Å². The minimum absolute atomic E-state index is 0.0727.